The summed E-state index contributed by atoms with van der Waals surface area (Å²) >= 11 is -6.11. The first-order valence-electron chi connectivity index (χ1n) is 8.03. The Morgan fingerprint density at radius 2 is 0.964 bits per heavy atom. The molecule has 0 heterocycles. The van der Waals surface area contributed by atoms with E-state index in [4.69, 9.17) is 11.3 Å². The fraction of sp³-hybridized carbons (Fsp3) is 0.0526. The van der Waals surface area contributed by atoms with Crippen LogP contribution in [-0.4, -0.2) is 30.6 Å². The average molecular weight is 538 g/mol. The van der Waals surface area contributed by atoms with Crippen molar-refractivity contribution in [3.63, 3.8) is 0 Å². The Kier molecular flexibility index (Phi) is 5.58. The molecule has 0 aliphatic rings. The molecule has 3 aromatic carbocycles. The van der Waals surface area contributed by atoms with Gasteiger partial charge in [-0.2, -0.15) is 0 Å². The third kappa shape index (κ3) is 3.45. The molecule has 3 aromatic rings. The van der Waals surface area contributed by atoms with Crippen LogP contribution >= 0.6 is 8.83 Å². The molecule has 0 amide bonds. The Labute approximate surface area is 166 Å². The molecule has 0 fully saturated rings. The van der Waals surface area contributed by atoms with E-state index in [0.29, 0.717) is 0 Å². The van der Waals surface area contributed by atoms with Gasteiger partial charge in [0.15, 0.2) is 0 Å². The van der Waals surface area contributed by atoms with E-state index in [1.807, 2.05) is 0 Å². The molecular weight excluding hydrogens is 522 g/mol. The van der Waals surface area contributed by atoms with Crippen molar-refractivity contribution in [1.29, 1.82) is 0 Å². The first kappa shape index (κ1) is 21.2. The molecule has 3 rings (SSSR count). The molecule has 0 spiro atoms. The summed E-state index contributed by atoms with van der Waals surface area (Å²) in [7, 11) is 1.16. The van der Waals surface area contributed by atoms with Crippen molar-refractivity contribution in [2.75, 3.05) is 0 Å². The molecule has 0 saturated carbocycles. The molecule has 0 unspecified atom stereocenters. The molecule has 28 heavy (non-hydrogen) atoms. The van der Waals surface area contributed by atoms with Crippen LogP contribution in [0.25, 0.3) is 0 Å². The fourth-order valence-electron chi connectivity index (χ4n) is 2.89. The number of benzene rings is 3. The Bertz CT molecular complexity index is 960. The second kappa shape index (κ2) is 7.38. The van der Waals surface area contributed by atoms with Gasteiger partial charge < -0.3 is 0 Å². The zero-order chi connectivity index (χ0) is 20.5. The Hall–Kier alpha value is -1.53. The van der Waals surface area contributed by atoms with E-state index in [1.165, 1.54) is 36.4 Å². The zero-order valence-corrected chi connectivity index (χ0v) is 18.4. The van der Waals surface area contributed by atoms with Gasteiger partial charge in [0.2, 0.25) is 0 Å². The van der Waals surface area contributed by atoms with E-state index < -0.39 is 32.3 Å². The van der Waals surface area contributed by atoms with E-state index in [9.17, 15) is 21.6 Å². The molecule has 0 aliphatic carbocycles. The Morgan fingerprint density at radius 3 is 1.21 bits per heavy atom. The minimum absolute atomic E-state index is 0.210. The van der Waals surface area contributed by atoms with Crippen LogP contribution in [-0.2, 0) is 12.6 Å². The molecule has 0 aromatic heterocycles. The molecular formula is C19H15ClF3O3SSb. The van der Waals surface area contributed by atoms with Crippen molar-refractivity contribution in [3.8, 4) is 0 Å². The molecule has 3 nitrogen and oxygen atoms in total. The van der Waals surface area contributed by atoms with Crippen LogP contribution in [0.3, 0.4) is 0 Å². The van der Waals surface area contributed by atoms with E-state index in [-0.39, 0.29) is 10.5 Å². The first-order valence-corrected chi connectivity index (χ1v) is 17.5. The predicted octanol–water partition coefficient (Wildman–Crippen LogP) is 3.21. The molecule has 0 saturated heterocycles. The topological polar surface area (TPSA) is 43.4 Å². The maximum absolute atomic E-state index is 13.3. The van der Waals surface area contributed by atoms with Crippen LogP contribution in [0, 0.1) is 0 Å². The zero-order valence-electron chi connectivity index (χ0n) is 14.3. The second-order valence-corrected chi connectivity index (χ2v) is 22.8. The summed E-state index contributed by atoms with van der Waals surface area (Å²) in [4.78, 5) is 0. The number of rotatable bonds is 5. The standard InChI is InChI=1S/3C6H5.CHF3O3S.ClH.Sb/c3*1-2-4-6-5-3-1;2-1(3,4)8(5,6)7;;/h3*1-5H;(H,5,6,7);1H;/q;;;;;+2/p-2. The molecule has 0 aliphatic heterocycles. The van der Waals surface area contributed by atoms with Gasteiger partial charge in [0.25, 0.3) is 0 Å². The Balaban J connectivity index is 2.48. The van der Waals surface area contributed by atoms with E-state index >= 15 is 0 Å². The molecule has 0 atom stereocenters. The van der Waals surface area contributed by atoms with Crippen LogP contribution in [0.5, 0.6) is 0 Å². The third-order valence-electron chi connectivity index (χ3n) is 4.17. The predicted molar refractivity (Wildman–Crippen MR) is 106 cm³/mol. The van der Waals surface area contributed by atoms with E-state index in [1.54, 1.807) is 54.6 Å². The number of hydrogen-bond donors (Lipinski definition) is 0. The van der Waals surface area contributed by atoms with Gasteiger partial charge in [0.1, 0.15) is 0 Å². The number of alkyl halides is 3. The molecule has 0 radical (unpaired) electrons. The summed E-state index contributed by atoms with van der Waals surface area (Å²) in [5.41, 5.74) is -5.62. The van der Waals surface area contributed by atoms with Crippen molar-refractivity contribution in [2.24, 2.45) is 0 Å². The van der Waals surface area contributed by atoms with E-state index in [2.05, 4.69) is 0 Å². The Morgan fingerprint density at radius 1 is 0.679 bits per heavy atom. The van der Waals surface area contributed by atoms with Crippen LogP contribution < -0.4 is 10.5 Å². The van der Waals surface area contributed by atoms with Crippen LogP contribution in [0.2, 0.25) is 0 Å². The van der Waals surface area contributed by atoms with Crippen LogP contribution in [0.15, 0.2) is 91.0 Å². The molecule has 0 bridgehead atoms. The second-order valence-electron chi connectivity index (χ2n) is 5.91. The van der Waals surface area contributed by atoms with Crippen molar-refractivity contribution in [1.82, 2.24) is 0 Å². The summed E-state index contributed by atoms with van der Waals surface area (Å²) in [5, 5.41) is 0. The summed E-state index contributed by atoms with van der Waals surface area (Å²) in [6.45, 7) is 0. The number of hydrogen-bond acceptors (Lipinski definition) is 3. The normalized spacial score (nSPS) is 14.2. The SMILES string of the molecule is O=S(=O)([O][Sb]([Cl])([c]1ccccc1)([c]1ccccc1)[c]1ccccc1)C(F)(F)F. The van der Waals surface area contributed by atoms with Crippen molar-refractivity contribution < 1.29 is 24.1 Å². The van der Waals surface area contributed by atoms with Crippen LogP contribution in [0.4, 0.5) is 13.2 Å². The van der Waals surface area contributed by atoms with Gasteiger partial charge in [-0.3, -0.25) is 0 Å². The van der Waals surface area contributed by atoms with E-state index in [0.717, 1.165) is 0 Å². The molecule has 9 heteroatoms. The van der Waals surface area contributed by atoms with Gasteiger partial charge in [-0.1, -0.05) is 0 Å². The van der Waals surface area contributed by atoms with Gasteiger partial charge >= 0.3 is 167 Å². The maximum atomic E-state index is 13.3. The average Bonchev–Trinajstić information content (AvgIpc) is 2.69. The summed E-state index contributed by atoms with van der Waals surface area (Å²) < 4.78 is 70.2. The summed E-state index contributed by atoms with van der Waals surface area (Å²) in [5.74, 6) is 0. The van der Waals surface area contributed by atoms with Crippen LogP contribution in [0.1, 0.15) is 0 Å². The van der Waals surface area contributed by atoms with Crippen molar-refractivity contribution in [2.45, 2.75) is 5.51 Å². The minimum atomic E-state index is -6.11. The molecule has 148 valence electrons. The first-order chi connectivity index (χ1) is 13.1. The van der Waals surface area contributed by atoms with Gasteiger partial charge in [0.05, 0.1) is 0 Å². The van der Waals surface area contributed by atoms with Gasteiger partial charge in [-0.15, -0.1) is 0 Å². The van der Waals surface area contributed by atoms with Gasteiger partial charge in [0, 0.05) is 0 Å². The monoisotopic (exact) mass is 536 g/mol. The molecule has 0 N–H and O–H groups in total. The fourth-order valence-corrected chi connectivity index (χ4v) is 22.0. The van der Waals surface area contributed by atoms with Crippen molar-refractivity contribution in [3.05, 3.63) is 91.0 Å². The number of halogens is 4. The third-order valence-corrected chi connectivity index (χ3v) is 24.8. The summed E-state index contributed by atoms with van der Waals surface area (Å²) in [6.07, 6.45) is 0. The van der Waals surface area contributed by atoms with Gasteiger partial charge in [-0.25, -0.2) is 0 Å². The quantitative estimate of drug-likeness (QED) is 0.371. The van der Waals surface area contributed by atoms with Gasteiger partial charge in [-0.05, 0) is 0 Å². The van der Waals surface area contributed by atoms with Crippen molar-refractivity contribution >= 4 is 46.2 Å². The summed E-state index contributed by atoms with van der Waals surface area (Å²) in [6, 6.07) is 23.5.